The van der Waals surface area contributed by atoms with Crippen molar-refractivity contribution in [2.45, 2.75) is 25.2 Å². The molecule has 0 aromatic heterocycles. The molecule has 0 bridgehead atoms. The highest BCUT2D eigenvalue weighted by Crippen LogP contribution is 2.25. The molecule has 17 heavy (non-hydrogen) atoms. The van der Waals surface area contributed by atoms with E-state index in [0.717, 1.165) is 30.8 Å². The average Bonchev–Trinajstić information content (AvgIpc) is 2.41. The van der Waals surface area contributed by atoms with Gasteiger partial charge in [-0.25, -0.2) is 0 Å². The number of hydrogen-bond acceptors (Lipinski definition) is 1. The molecule has 1 heterocycles. The molecule has 0 saturated carbocycles. The summed E-state index contributed by atoms with van der Waals surface area (Å²) >= 11 is 3.43. The van der Waals surface area contributed by atoms with Crippen LogP contribution in [0, 0.1) is 0 Å². The van der Waals surface area contributed by atoms with Crippen LogP contribution < -0.4 is 5.32 Å². The molecule has 0 unspecified atom stereocenters. The largest absolute Gasteiger partial charge is 0.317 e. The average molecular weight is 294 g/mol. The smallest absolute Gasteiger partial charge is 0.00660 e. The summed E-state index contributed by atoms with van der Waals surface area (Å²) in [4.78, 5) is 0. The van der Waals surface area contributed by atoms with Crippen molar-refractivity contribution in [3.8, 4) is 0 Å². The third kappa shape index (κ3) is 3.97. The number of benzene rings is 1. The monoisotopic (exact) mass is 293 g/mol. The lowest BCUT2D eigenvalue weighted by molar-refractivity contribution is 0.460. The zero-order valence-corrected chi connectivity index (χ0v) is 11.7. The van der Waals surface area contributed by atoms with E-state index in [0.29, 0.717) is 0 Å². The van der Waals surface area contributed by atoms with Crippen molar-refractivity contribution in [1.29, 1.82) is 0 Å². The standard InChI is InChI=1S/C15H20BrN/c16-10-2-1-3-13-4-6-14(7-5-13)15-8-11-17-12-9-15/h1,3-7,15,17H,2,8-12H2. The maximum atomic E-state index is 3.43. The first-order valence-corrected chi connectivity index (χ1v) is 7.55. The van der Waals surface area contributed by atoms with Crippen LogP contribution in [0.3, 0.4) is 0 Å². The van der Waals surface area contributed by atoms with E-state index in [9.17, 15) is 0 Å². The molecule has 1 aromatic carbocycles. The zero-order chi connectivity index (χ0) is 11.9. The quantitative estimate of drug-likeness (QED) is 0.829. The Morgan fingerprint density at radius 2 is 1.88 bits per heavy atom. The van der Waals surface area contributed by atoms with Crippen molar-refractivity contribution >= 4 is 22.0 Å². The summed E-state index contributed by atoms with van der Waals surface area (Å²) in [5.74, 6) is 0.761. The van der Waals surface area contributed by atoms with Gasteiger partial charge in [-0.15, -0.1) is 0 Å². The summed E-state index contributed by atoms with van der Waals surface area (Å²) in [5, 5.41) is 4.45. The van der Waals surface area contributed by atoms with Gasteiger partial charge in [0.15, 0.2) is 0 Å². The molecule has 1 aliphatic rings. The second-order valence-electron chi connectivity index (χ2n) is 4.57. The molecule has 1 fully saturated rings. The van der Waals surface area contributed by atoms with Crippen LogP contribution in [0.2, 0.25) is 0 Å². The Morgan fingerprint density at radius 3 is 2.53 bits per heavy atom. The summed E-state index contributed by atoms with van der Waals surface area (Å²) < 4.78 is 0. The van der Waals surface area contributed by atoms with E-state index < -0.39 is 0 Å². The molecular weight excluding hydrogens is 274 g/mol. The van der Waals surface area contributed by atoms with Crippen molar-refractivity contribution in [3.05, 3.63) is 41.5 Å². The second kappa shape index (κ2) is 6.97. The van der Waals surface area contributed by atoms with Crippen LogP contribution in [-0.4, -0.2) is 18.4 Å². The van der Waals surface area contributed by atoms with Crippen molar-refractivity contribution in [3.63, 3.8) is 0 Å². The van der Waals surface area contributed by atoms with Crippen LogP contribution in [0.15, 0.2) is 30.3 Å². The van der Waals surface area contributed by atoms with Crippen molar-refractivity contribution in [2.24, 2.45) is 0 Å². The highest BCUT2D eigenvalue weighted by Gasteiger charge is 2.14. The first-order valence-electron chi connectivity index (χ1n) is 6.43. The van der Waals surface area contributed by atoms with Gasteiger partial charge in [-0.2, -0.15) is 0 Å². The summed E-state index contributed by atoms with van der Waals surface area (Å²) in [5.41, 5.74) is 2.81. The number of allylic oxidation sites excluding steroid dienone is 1. The highest BCUT2D eigenvalue weighted by atomic mass is 79.9. The lowest BCUT2D eigenvalue weighted by Crippen LogP contribution is -2.26. The van der Waals surface area contributed by atoms with E-state index in [-0.39, 0.29) is 0 Å². The lowest BCUT2D eigenvalue weighted by atomic mass is 9.90. The lowest BCUT2D eigenvalue weighted by Gasteiger charge is -2.22. The highest BCUT2D eigenvalue weighted by molar-refractivity contribution is 9.09. The number of rotatable bonds is 4. The van der Waals surface area contributed by atoms with Gasteiger partial charge in [-0.1, -0.05) is 52.3 Å². The van der Waals surface area contributed by atoms with E-state index >= 15 is 0 Å². The minimum absolute atomic E-state index is 0.761. The van der Waals surface area contributed by atoms with E-state index in [4.69, 9.17) is 0 Å². The van der Waals surface area contributed by atoms with Gasteiger partial charge in [-0.3, -0.25) is 0 Å². The van der Waals surface area contributed by atoms with Crippen LogP contribution in [0.4, 0.5) is 0 Å². The molecule has 1 saturated heterocycles. The Balaban J connectivity index is 1.97. The van der Waals surface area contributed by atoms with Crippen LogP contribution >= 0.6 is 15.9 Å². The molecule has 92 valence electrons. The van der Waals surface area contributed by atoms with E-state index in [1.165, 1.54) is 24.0 Å². The van der Waals surface area contributed by atoms with Crippen molar-refractivity contribution in [1.82, 2.24) is 5.32 Å². The predicted molar refractivity (Wildman–Crippen MR) is 78.7 cm³/mol. The number of alkyl halides is 1. The maximum Gasteiger partial charge on any atom is 0.00660 e. The van der Waals surface area contributed by atoms with Gasteiger partial charge in [0, 0.05) is 5.33 Å². The van der Waals surface area contributed by atoms with E-state index in [2.05, 4.69) is 57.7 Å². The number of nitrogens with one attached hydrogen (secondary N) is 1. The maximum absolute atomic E-state index is 3.43. The molecule has 0 radical (unpaired) electrons. The van der Waals surface area contributed by atoms with Gasteiger partial charge >= 0.3 is 0 Å². The van der Waals surface area contributed by atoms with E-state index in [1.807, 2.05) is 0 Å². The first kappa shape index (κ1) is 12.8. The third-order valence-corrected chi connectivity index (χ3v) is 3.79. The third-order valence-electron chi connectivity index (χ3n) is 3.33. The molecule has 0 amide bonds. The molecule has 1 aromatic rings. The fourth-order valence-electron chi connectivity index (χ4n) is 2.32. The van der Waals surface area contributed by atoms with Gasteiger partial charge in [-0.05, 0) is 49.4 Å². The molecule has 1 nitrogen and oxygen atoms in total. The molecule has 2 heteroatoms. The van der Waals surface area contributed by atoms with Gasteiger partial charge in [0.2, 0.25) is 0 Å². The topological polar surface area (TPSA) is 12.0 Å². The summed E-state index contributed by atoms with van der Waals surface area (Å²) in [6.07, 6.45) is 8.06. The molecule has 0 atom stereocenters. The second-order valence-corrected chi connectivity index (χ2v) is 5.36. The van der Waals surface area contributed by atoms with Crippen molar-refractivity contribution < 1.29 is 0 Å². The minimum atomic E-state index is 0.761. The van der Waals surface area contributed by atoms with Crippen LogP contribution in [0.1, 0.15) is 36.3 Å². The minimum Gasteiger partial charge on any atom is -0.317 e. The first-order chi connectivity index (χ1) is 8.40. The van der Waals surface area contributed by atoms with Gasteiger partial charge in [0.05, 0.1) is 0 Å². The molecule has 1 aliphatic heterocycles. The van der Waals surface area contributed by atoms with E-state index in [1.54, 1.807) is 0 Å². The molecule has 0 spiro atoms. The number of halogens is 1. The SMILES string of the molecule is BrCCC=Cc1ccc(C2CCNCC2)cc1. The fraction of sp³-hybridized carbons (Fsp3) is 0.467. The fourth-order valence-corrected chi connectivity index (χ4v) is 2.58. The summed E-state index contributed by atoms with van der Waals surface area (Å²) in [6.45, 7) is 2.33. The molecule has 0 aliphatic carbocycles. The van der Waals surface area contributed by atoms with Gasteiger partial charge in [0.1, 0.15) is 0 Å². The summed E-state index contributed by atoms with van der Waals surface area (Å²) in [7, 11) is 0. The van der Waals surface area contributed by atoms with Crippen molar-refractivity contribution in [2.75, 3.05) is 18.4 Å². The Hall–Kier alpha value is -0.600. The molecule has 1 N–H and O–H groups in total. The molecular formula is C15H20BrN. The number of hydrogen-bond donors (Lipinski definition) is 1. The summed E-state index contributed by atoms with van der Waals surface area (Å²) in [6, 6.07) is 9.07. The normalized spacial score (nSPS) is 17.7. The van der Waals surface area contributed by atoms with Crippen LogP contribution in [0.25, 0.3) is 6.08 Å². The van der Waals surface area contributed by atoms with Crippen LogP contribution in [0.5, 0.6) is 0 Å². The number of piperidine rings is 1. The zero-order valence-electron chi connectivity index (χ0n) is 10.2. The Bertz CT molecular complexity index is 350. The molecule has 2 rings (SSSR count). The Kier molecular flexibility index (Phi) is 5.27. The van der Waals surface area contributed by atoms with Gasteiger partial charge in [0.25, 0.3) is 0 Å². The Morgan fingerprint density at radius 1 is 1.18 bits per heavy atom. The van der Waals surface area contributed by atoms with Crippen LogP contribution in [-0.2, 0) is 0 Å². The van der Waals surface area contributed by atoms with Gasteiger partial charge < -0.3 is 5.32 Å². The predicted octanol–water partition coefficient (Wildman–Crippen LogP) is 3.95. The Labute approximate surface area is 112 Å².